The van der Waals surface area contributed by atoms with Gasteiger partial charge in [-0.25, -0.2) is 9.98 Å². The van der Waals surface area contributed by atoms with Gasteiger partial charge in [0, 0.05) is 18.8 Å². The Morgan fingerprint density at radius 2 is 2.13 bits per heavy atom. The standard InChI is InChI=1S/C22H24N6O3/c1-28-16(12-30-17-6-4-3-5-7-17)13-31-20-11-24-22(27-21(20)28)26-15-8-9-18(25-14-23)19(10-15)29-2/h3-11,14,16H,12-13H2,1-2H3,(H2,23,25)(H,24,26,27). The molecule has 0 bridgehead atoms. The number of para-hydroxylation sites is 1. The van der Waals surface area contributed by atoms with Crippen molar-refractivity contribution in [2.45, 2.75) is 6.04 Å². The van der Waals surface area contributed by atoms with Crippen LogP contribution >= 0.6 is 0 Å². The number of hydrogen-bond acceptors (Lipinski definition) is 8. The Bertz CT molecular complexity index is 1060. The molecule has 1 aromatic heterocycles. The minimum atomic E-state index is 0.0176. The van der Waals surface area contributed by atoms with Gasteiger partial charge < -0.3 is 30.2 Å². The fourth-order valence-electron chi connectivity index (χ4n) is 3.19. The zero-order valence-corrected chi connectivity index (χ0v) is 17.4. The lowest BCUT2D eigenvalue weighted by Gasteiger charge is -2.34. The van der Waals surface area contributed by atoms with Gasteiger partial charge in [-0.05, 0) is 24.3 Å². The molecule has 1 aliphatic heterocycles. The van der Waals surface area contributed by atoms with Gasteiger partial charge in [0.25, 0.3) is 0 Å². The number of benzene rings is 2. The van der Waals surface area contributed by atoms with Gasteiger partial charge in [-0.1, -0.05) is 18.2 Å². The van der Waals surface area contributed by atoms with E-state index in [1.165, 1.54) is 6.34 Å². The molecular weight excluding hydrogens is 396 g/mol. The molecule has 4 rings (SSSR count). The molecule has 31 heavy (non-hydrogen) atoms. The Morgan fingerprint density at radius 1 is 1.29 bits per heavy atom. The molecule has 0 saturated carbocycles. The molecule has 0 fully saturated rings. The van der Waals surface area contributed by atoms with Crippen molar-refractivity contribution in [1.82, 2.24) is 9.97 Å². The molecule has 2 aromatic carbocycles. The quantitative estimate of drug-likeness (QED) is 0.443. The molecule has 3 aromatic rings. The summed E-state index contributed by atoms with van der Waals surface area (Å²) in [5.41, 5.74) is 6.78. The van der Waals surface area contributed by atoms with Crippen LogP contribution in [0.3, 0.4) is 0 Å². The minimum Gasteiger partial charge on any atom is -0.494 e. The predicted molar refractivity (Wildman–Crippen MR) is 120 cm³/mol. The highest BCUT2D eigenvalue weighted by molar-refractivity contribution is 5.69. The number of nitrogens with zero attached hydrogens (tertiary/aromatic N) is 4. The predicted octanol–water partition coefficient (Wildman–Crippen LogP) is 3.12. The Kier molecular flexibility index (Phi) is 6.02. The first-order valence-electron chi connectivity index (χ1n) is 9.78. The van der Waals surface area contributed by atoms with E-state index in [0.717, 1.165) is 11.4 Å². The van der Waals surface area contributed by atoms with Crippen molar-refractivity contribution in [1.29, 1.82) is 0 Å². The van der Waals surface area contributed by atoms with E-state index in [-0.39, 0.29) is 6.04 Å². The number of aliphatic imine (C=N–C) groups is 1. The fourth-order valence-corrected chi connectivity index (χ4v) is 3.19. The number of nitrogens with two attached hydrogens (primary N) is 1. The van der Waals surface area contributed by atoms with E-state index in [0.29, 0.717) is 42.2 Å². The van der Waals surface area contributed by atoms with Crippen molar-refractivity contribution >= 4 is 29.5 Å². The molecule has 1 aliphatic rings. The summed E-state index contributed by atoms with van der Waals surface area (Å²) in [6.45, 7) is 0.972. The lowest BCUT2D eigenvalue weighted by Crippen LogP contribution is -2.45. The lowest BCUT2D eigenvalue weighted by atomic mass is 10.2. The number of likely N-dealkylation sites (N-methyl/N-ethyl adjacent to an activating group) is 1. The highest BCUT2D eigenvalue weighted by Crippen LogP contribution is 2.34. The van der Waals surface area contributed by atoms with Gasteiger partial charge in [-0.15, -0.1) is 0 Å². The van der Waals surface area contributed by atoms with Crippen LogP contribution in [0.1, 0.15) is 0 Å². The lowest BCUT2D eigenvalue weighted by molar-refractivity contribution is 0.202. The first-order chi connectivity index (χ1) is 15.2. The number of ether oxygens (including phenoxy) is 3. The van der Waals surface area contributed by atoms with E-state index < -0.39 is 0 Å². The summed E-state index contributed by atoms with van der Waals surface area (Å²) in [6.07, 6.45) is 2.89. The smallest absolute Gasteiger partial charge is 0.229 e. The maximum atomic E-state index is 5.90. The van der Waals surface area contributed by atoms with E-state index in [2.05, 4.69) is 20.3 Å². The van der Waals surface area contributed by atoms with Crippen LogP contribution in [0.2, 0.25) is 0 Å². The molecule has 9 heteroatoms. The van der Waals surface area contributed by atoms with Crippen LogP contribution in [0.4, 0.5) is 23.1 Å². The van der Waals surface area contributed by atoms with E-state index in [4.69, 9.17) is 19.9 Å². The van der Waals surface area contributed by atoms with Crippen LogP contribution in [-0.2, 0) is 0 Å². The first-order valence-corrected chi connectivity index (χ1v) is 9.78. The topological polar surface area (TPSA) is 107 Å². The second-order valence-corrected chi connectivity index (χ2v) is 6.87. The monoisotopic (exact) mass is 420 g/mol. The minimum absolute atomic E-state index is 0.0176. The van der Waals surface area contributed by atoms with Gasteiger partial charge in [0.05, 0.1) is 25.7 Å². The highest BCUT2D eigenvalue weighted by atomic mass is 16.5. The SMILES string of the molecule is COc1cc(Nc2ncc3c(n2)N(C)C(COc2ccccc2)CO3)ccc1N=CN. The average molecular weight is 420 g/mol. The molecule has 3 N–H and O–H groups in total. The third-order valence-electron chi connectivity index (χ3n) is 4.88. The Labute approximate surface area is 180 Å². The summed E-state index contributed by atoms with van der Waals surface area (Å²) < 4.78 is 17.1. The Balaban J connectivity index is 1.48. The largest absolute Gasteiger partial charge is 0.494 e. The van der Waals surface area contributed by atoms with Crippen molar-refractivity contribution in [3.63, 3.8) is 0 Å². The van der Waals surface area contributed by atoms with Crippen LogP contribution in [0.5, 0.6) is 17.2 Å². The third kappa shape index (κ3) is 4.61. The number of nitrogens with one attached hydrogen (secondary N) is 1. The summed E-state index contributed by atoms with van der Waals surface area (Å²) in [5.74, 6) is 3.18. The van der Waals surface area contributed by atoms with Crippen molar-refractivity contribution < 1.29 is 14.2 Å². The summed E-state index contributed by atoms with van der Waals surface area (Å²) in [5, 5.41) is 3.19. The van der Waals surface area contributed by atoms with Gasteiger partial charge in [0.2, 0.25) is 5.95 Å². The van der Waals surface area contributed by atoms with E-state index >= 15 is 0 Å². The summed E-state index contributed by atoms with van der Waals surface area (Å²) in [7, 11) is 3.55. The molecule has 0 aliphatic carbocycles. The number of anilines is 3. The fraction of sp³-hybridized carbons (Fsp3) is 0.227. The summed E-state index contributed by atoms with van der Waals surface area (Å²) in [4.78, 5) is 15.1. The number of rotatable bonds is 7. The van der Waals surface area contributed by atoms with E-state index in [1.807, 2.05) is 54.4 Å². The van der Waals surface area contributed by atoms with Crippen LogP contribution in [0, 0.1) is 0 Å². The second-order valence-electron chi connectivity index (χ2n) is 6.87. The molecule has 160 valence electrons. The first kappa shape index (κ1) is 20.3. The summed E-state index contributed by atoms with van der Waals surface area (Å²) in [6, 6.07) is 15.2. The number of fused-ring (bicyclic) bond motifs is 1. The molecule has 0 radical (unpaired) electrons. The second kappa shape index (κ2) is 9.21. The van der Waals surface area contributed by atoms with Crippen LogP contribution in [0.15, 0.2) is 59.7 Å². The Morgan fingerprint density at radius 3 is 2.90 bits per heavy atom. The van der Waals surface area contributed by atoms with Crippen LogP contribution in [-0.4, -0.2) is 49.7 Å². The van der Waals surface area contributed by atoms with Crippen molar-refractivity contribution in [2.24, 2.45) is 10.7 Å². The average Bonchev–Trinajstić information content (AvgIpc) is 2.81. The number of methoxy groups -OCH3 is 1. The zero-order valence-electron chi connectivity index (χ0n) is 17.4. The van der Waals surface area contributed by atoms with E-state index in [1.54, 1.807) is 19.4 Å². The van der Waals surface area contributed by atoms with Crippen molar-refractivity contribution in [3.05, 3.63) is 54.7 Å². The molecule has 1 unspecified atom stereocenters. The molecule has 2 heterocycles. The molecular formula is C22H24N6O3. The number of aromatic nitrogens is 2. The third-order valence-corrected chi connectivity index (χ3v) is 4.88. The maximum Gasteiger partial charge on any atom is 0.229 e. The zero-order chi connectivity index (χ0) is 21.6. The highest BCUT2D eigenvalue weighted by Gasteiger charge is 2.27. The molecule has 0 spiro atoms. The van der Waals surface area contributed by atoms with Gasteiger partial charge in [0.1, 0.15) is 30.4 Å². The van der Waals surface area contributed by atoms with Gasteiger partial charge in [0.15, 0.2) is 11.6 Å². The Hall–Kier alpha value is -4.01. The molecule has 9 nitrogen and oxygen atoms in total. The van der Waals surface area contributed by atoms with E-state index in [9.17, 15) is 0 Å². The van der Waals surface area contributed by atoms with Crippen LogP contribution < -0.4 is 30.2 Å². The summed E-state index contributed by atoms with van der Waals surface area (Å²) >= 11 is 0. The number of hydrogen-bond donors (Lipinski definition) is 2. The van der Waals surface area contributed by atoms with Gasteiger partial charge >= 0.3 is 0 Å². The van der Waals surface area contributed by atoms with Gasteiger partial charge in [-0.2, -0.15) is 4.98 Å². The maximum absolute atomic E-state index is 5.90. The molecule has 0 saturated heterocycles. The molecule has 0 amide bonds. The van der Waals surface area contributed by atoms with Gasteiger partial charge in [-0.3, -0.25) is 0 Å². The van der Waals surface area contributed by atoms with Crippen LogP contribution in [0.25, 0.3) is 0 Å². The molecule has 1 atom stereocenters. The normalized spacial score (nSPS) is 15.3. The van der Waals surface area contributed by atoms with Crippen molar-refractivity contribution in [3.8, 4) is 17.2 Å². The van der Waals surface area contributed by atoms with Crippen molar-refractivity contribution in [2.75, 3.05) is 37.6 Å².